The summed E-state index contributed by atoms with van der Waals surface area (Å²) in [7, 11) is 1.63. The van der Waals surface area contributed by atoms with Crippen LogP contribution < -0.4 is 16.2 Å². The van der Waals surface area contributed by atoms with E-state index in [2.05, 4.69) is 31.7 Å². The van der Waals surface area contributed by atoms with E-state index in [0.717, 1.165) is 25.9 Å². The molecule has 1 unspecified atom stereocenters. The van der Waals surface area contributed by atoms with Crippen molar-refractivity contribution in [1.82, 2.24) is 19.7 Å². The third-order valence-electron chi connectivity index (χ3n) is 3.88. The van der Waals surface area contributed by atoms with Crippen molar-refractivity contribution in [3.05, 3.63) is 45.0 Å². The molecule has 24 heavy (non-hydrogen) atoms. The molecule has 7 nitrogen and oxygen atoms in total. The van der Waals surface area contributed by atoms with E-state index in [4.69, 9.17) is 0 Å². The summed E-state index contributed by atoms with van der Waals surface area (Å²) in [4.78, 5) is 23.9. The minimum Gasteiger partial charge on any atom is -0.319 e. The third-order valence-corrected chi connectivity index (χ3v) is 4.45. The molecule has 1 amide bonds. The molecule has 0 aromatic carbocycles. The standard InChI is InChI=1S/C15H18BrN5O2.ClH/c1-20-9-10(7-12(16)15(20)23)18-14(22)13-4-6-21(19-13)11-3-2-5-17-8-11;/h4,6-7,9,11,17H,2-3,5,8H2,1H3,(H,18,22);1H. The summed E-state index contributed by atoms with van der Waals surface area (Å²) in [5.74, 6) is -0.293. The summed E-state index contributed by atoms with van der Waals surface area (Å²) in [6.07, 6.45) is 5.58. The van der Waals surface area contributed by atoms with Crippen LogP contribution in [0.4, 0.5) is 5.69 Å². The SMILES string of the molecule is Cl.Cn1cc(NC(=O)c2ccn(C3CCCNC3)n2)cc(Br)c1=O. The van der Waals surface area contributed by atoms with E-state index in [1.807, 2.05) is 10.9 Å². The molecule has 0 saturated carbocycles. The van der Waals surface area contributed by atoms with Crippen LogP contribution >= 0.6 is 28.3 Å². The predicted octanol–water partition coefficient (Wildman–Crippen LogP) is 1.94. The molecular formula is C15H19BrClN5O2. The molecule has 130 valence electrons. The monoisotopic (exact) mass is 415 g/mol. The molecule has 3 heterocycles. The minimum absolute atomic E-state index is 0. The largest absolute Gasteiger partial charge is 0.319 e. The second kappa shape index (κ2) is 7.96. The molecular weight excluding hydrogens is 398 g/mol. The van der Waals surface area contributed by atoms with Crippen molar-refractivity contribution in [1.29, 1.82) is 0 Å². The van der Waals surface area contributed by atoms with Gasteiger partial charge in [0, 0.05) is 26.0 Å². The van der Waals surface area contributed by atoms with Crippen molar-refractivity contribution in [3.63, 3.8) is 0 Å². The number of nitrogens with one attached hydrogen (secondary N) is 2. The maximum atomic E-state index is 12.3. The molecule has 0 bridgehead atoms. The number of pyridine rings is 1. The van der Waals surface area contributed by atoms with E-state index in [1.165, 1.54) is 4.57 Å². The summed E-state index contributed by atoms with van der Waals surface area (Å²) < 4.78 is 3.65. The van der Waals surface area contributed by atoms with Crippen molar-refractivity contribution in [2.75, 3.05) is 18.4 Å². The number of nitrogens with zero attached hydrogens (tertiary/aromatic N) is 3. The average molecular weight is 417 g/mol. The van der Waals surface area contributed by atoms with Gasteiger partial charge < -0.3 is 15.2 Å². The van der Waals surface area contributed by atoms with Crippen LogP contribution in [0.3, 0.4) is 0 Å². The molecule has 2 aromatic heterocycles. The number of piperidine rings is 1. The van der Waals surface area contributed by atoms with Crippen LogP contribution in [0.25, 0.3) is 0 Å². The van der Waals surface area contributed by atoms with Gasteiger partial charge in [-0.05, 0) is 47.4 Å². The Hall–Kier alpha value is -1.64. The average Bonchev–Trinajstić information content (AvgIpc) is 3.03. The molecule has 9 heteroatoms. The van der Waals surface area contributed by atoms with Gasteiger partial charge in [0.15, 0.2) is 5.69 Å². The lowest BCUT2D eigenvalue weighted by molar-refractivity contribution is 0.102. The second-order valence-electron chi connectivity index (χ2n) is 5.63. The number of hydrogen-bond donors (Lipinski definition) is 2. The highest BCUT2D eigenvalue weighted by Crippen LogP contribution is 2.17. The smallest absolute Gasteiger partial charge is 0.276 e. The summed E-state index contributed by atoms with van der Waals surface area (Å²) in [5, 5.41) is 10.5. The lowest BCUT2D eigenvalue weighted by Crippen LogP contribution is -2.32. The van der Waals surface area contributed by atoms with Crippen LogP contribution in [-0.4, -0.2) is 33.3 Å². The van der Waals surface area contributed by atoms with Crippen LogP contribution in [0.15, 0.2) is 33.8 Å². The molecule has 2 N–H and O–H groups in total. The van der Waals surface area contributed by atoms with Gasteiger partial charge in [0.2, 0.25) is 0 Å². The molecule has 3 rings (SSSR count). The lowest BCUT2D eigenvalue weighted by Gasteiger charge is -2.22. The van der Waals surface area contributed by atoms with Gasteiger partial charge >= 0.3 is 0 Å². The summed E-state index contributed by atoms with van der Waals surface area (Å²) in [5.41, 5.74) is 0.746. The van der Waals surface area contributed by atoms with Crippen molar-refractivity contribution in [2.45, 2.75) is 18.9 Å². The van der Waals surface area contributed by atoms with Crippen LogP contribution in [0.5, 0.6) is 0 Å². The first-order valence-electron chi connectivity index (χ1n) is 7.48. The number of hydrogen-bond acceptors (Lipinski definition) is 4. The van der Waals surface area contributed by atoms with Gasteiger partial charge in [-0.3, -0.25) is 14.3 Å². The van der Waals surface area contributed by atoms with E-state index < -0.39 is 0 Å². The van der Waals surface area contributed by atoms with Crippen LogP contribution in [-0.2, 0) is 7.05 Å². The maximum Gasteiger partial charge on any atom is 0.276 e. The molecule has 1 saturated heterocycles. The Balaban J connectivity index is 0.00000208. The van der Waals surface area contributed by atoms with Crippen LogP contribution in [0.1, 0.15) is 29.4 Å². The zero-order valence-corrected chi connectivity index (χ0v) is 15.6. The van der Waals surface area contributed by atoms with Gasteiger partial charge in [0.05, 0.1) is 16.2 Å². The first-order valence-corrected chi connectivity index (χ1v) is 8.27. The molecule has 0 aliphatic carbocycles. The molecule has 1 aliphatic heterocycles. The number of amides is 1. The van der Waals surface area contributed by atoms with E-state index >= 15 is 0 Å². The fourth-order valence-electron chi connectivity index (χ4n) is 2.66. The molecule has 1 fully saturated rings. The first kappa shape index (κ1) is 18.7. The normalized spacial score (nSPS) is 17.2. The van der Waals surface area contributed by atoms with Crippen LogP contribution in [0.2, 0.25) is 0 Å². The fraction of sp³-hybridized carbons (Fsp3) is 0.400. The van der Waals surface area contributed by atoms with Crippen molar-refractivity contribution < 1.29 is 4.79 Å². The number of aromatic nitrogens is 3. The Bertz CT molecular complexity index is 756. The number of carbonyl (C=O) groups excluding carboxylic acids is 1. The van der Waals surface area contributed by atoms with Gasteiger partial charge in [0.1, 0.15) is 0 Å². The number of aryl methyl sites for hydroxylation is 1. The maximum absolute atomic E-state index is 12.3. The zero-order valence-electron chi connectivity index (χ0n) is 13.2. The first-order chi connectivity index (χ1) is 11.0. The molecule has 2 aromatic rings. The van der Waals surface area contributed by atoms with Gasteiger partial charge in [0.25, 0.3) is 11.5 Å². The van der Waals surface area contributed by atoms with Crippen molar-refractivity contribution >= 4 is 39.9 Å². The highest BCUT2D eigenvalue weighted by molar-refractivity contribution is 9.10. The summed E-state index contributed by atoms with van der Waals surface area (Å²) in [6, 6.07) is 3.58. The molecule has 0 spiro atoms. The highest BCUT2D eigenvalue weighted by Gasteiger charge is 2.18. The molecule has 1 aliphatic rings. The van der Waals surface area contributed by atoms with Gasteiger partial charge in [-0.2, -0.15) is 5.10 Å². The van der Waals surface area contributed by atoms with Crippen molar-refractivity contribution in [3.8, 4) is 0 Å². The fourth-order valence-corrected chi connectivity index (χ4v) is 3.18. The van der Waals surface area contributed by atoms with E-state index in [0.29, 0.717) is 15.9 Å². The Morgan fingerprint density at radius 3 is 2.96 bits per heavy atom. The Morgan fingerprint density at radius 1 is 1.50 bits per heavy atom. The minimum atomic E-state index is -0.293. The van der Waals surface area contributed by atoms with Gasteiger partial charge in [-0.15, -0.1) is 12.4 Å². The summed E-state index contributed by atoms with van der Waals surface area (Å²) >= 11 is 3.19. The second-order valence-corrected chi connectivity index (χ2v) is 6.48. The van der Waals surface area contributed by atoms with Gasteiger partial charge in [-0.1, -0.05) is 0 Å². The Morgan fingerprint density at radius 2 is 2.29 bits per heavy atom. The van der Waals surface area contributed by atoms with E-state index in [-0.39, 0.29) is 29.9 Å². The number of halogens is 2. The van der Waals surface area contributed by atoms with Crippen molar-refractivity contribution in [2.24, 2.45) is 7.05 Å². The third kappa shape index (κ3) is 4.06. The quantitative estimate of drug-likeness (QED) is 0.801. The van der Waals surface area contributed by atoms with Gasteiger partial charge in [-0.25, -0.2) is 0 Å². The lowest BCUT2D eigenvalue weighted by atomic mass is 10.1. The topological polar surface area (TPSA) is 81.0 Å². The summed E-state index contributed by atoms with van der Waals surface area (Å²) in [6.45, 7) is 1.91. The molecule has 1 atom stereocenters. The predicted molar refractivity (Wildman–Crippen MR) is 98.0 cm³/mol. The Labute approximate surface area is 154 Å². The molecule has 0 radical (unpaired) electrons. The number of anilines is 1. The van der Waals surface area contributed by atoms with E-state index in [1.54, 1.807) is 25.4 Å². The van der Waals surface area contributed by atoms with Crippen LogP contribution in [0, 0.1) is 0 Å². The number of rotatable bonds is 3. The zero-order chi connectivity index (χ0) is 16.4. The van der Waals surface area contributed by atoms with E-state index in [9.17, 15) is 9.59 Å². The highest BCUT2D eigenvalue weighted by atomic mass is 79.9. The number of carbonyl (C=O) groups is 1. The Kier molecular flexibility index (Phi) is 6.20.